The molecule has 2 rings (SSSR count). The molecule has 0 aliphatic rings. The second kappa shape index (κ2) is 4.98. The van der Waals surface area contributed by atoms with E-state index < -0.39 is 38.4 Å². The van der Waals surface area contributed by atoms with Crippen LogP contribution in [-0.2, 0) is 22.3 Å². The van der Waals surface area contributed by atoms with Crippen LogP contribution >= 0.6 is 11.3 Å². The van der Waals surface area contributed by atoms with Gasteiger partial charge in [0.1, 0.15) is 9.90 Å². The van der Waals surface area contributed by atoms with E-state index in [0.29, 0.717) is 11.3 Å². The first-order valence-electron chi connectivity index (χ1n) is 5.35. The minimum absolute atomic E-state index is 0.117. The molecule has 0 aliphatic heterocycles. The Morgan fingerprint density at radius 2 is 1.73 bits per heavy atom. The van der Waals surface area contributed by atoms with E-state index in [9.17, 15) is 34.8 Å². The first kappa shape index (κ1) is 16.8. The van der Waals surface area contributed by atoms with Crippen molar-refractivity contribution in [2.24, 2.45) is 0 Å². The van der Waals surface area contributed by atoms with Gasteiger partial charge in [-0.1, -0.05) is 0 Å². The van der Waals surface area contributed by atoms with Gasteiger partial charge >= 0.3 is 12.5 Å². The van der Waals surface area contributed by atoms with Crippen molar-refractivity contribution in [1.82, 2.24) is 9.78 Å². The van der Waals surface area contributed by atoms with Crippen LogP contribution in [0.4, 0.5) is 26.3 Å². The minimum atomic E-state index is -5.35. The molecule has 0 N–H and O–H groups in total. The van der Waals surface area contributed by atoms with Gasteiger partial charge in [0.25, 0.3) is 0 Å². The van der Waals surface area contributed by atoms with Gasteiger partial charge in [0.05, 0.1) is 4.88 Å². The molecule has 0 saturated heterocycles. The monoisotopic (exact) mass is 364 g/mol. The summed E-state index contributed by atoms with van der Waals surface area (Å²) in [6, 6.07) is 2.42. The number of aromatic nitrogens is 2. The molecule has 0 amide bonds. The maximum absolute atomic E-state index is 12.6. The molecule has 4 nitrogen and oxygen atoms in total. The molecular weight excluding hydrogens is 358 g/mol. The van der Waals surface area contributed by atoms with Crippen LogP contribution in [0.5, 0.6) is 0 Å². The second-order valence-electron chi connectivity index (χ2n) is 4.18. The van der Waals surface area contributed by atoms with Gasteiger partial charge in [-0.25, -0.2) is 8.42 Å². The van der Waals surface area contributed by atoms with Crippen LogP contribution in [0, 0.1) is 0 Å². The van der Waals surface area contributed by atoms with Crippen molar-refractivity contribution in [2.75, 3.05) is 6.26 Å². The van der Waals surface area contributed by atoms with Crippen molar-refractivity contribution in [1.29, 1.82) is 0 Å². The molecule has 0 aliphatic carbocycles. The van der Waals surface area contributed by atoms with Crippen LogP contribution in [-0.4, -0.2) is 24.5 Å². The molecule has 0 spiro atoms. The van der Waals surface area contributed by atoms with Gasteiger partial charge in [0.2, 0.25) is 0 Å². The number of rotatable bonds is 2. The van der Waals surface area contributed by atoms with E-state index in [2.05, 4.69) is 5.10 Å². The highest BCUT2D eigenvalue weighted by molar-refractivity contribution is 7.92. The number of sulfone groups is 1. The Bertz CT molecular complexity index is 769. The summed E-state index contributed by atoms with van der Waals surface area (Å²) in [5.41, 5.74) is -2.59. The normalized spacial score (nSPS) is 13.6. The molecule has 2 heterocycles. The third-order valence-corrected chi connectivity index (χ3v) is 5.37. The van der Waals surface area contributed by atoms with E-state index >= 15 is 0 Å². The molecule has 2 aromatic rings. The Labute approximate surface area is 123 Å². The molecule has 0 atom stereocenters. The third-order valence-electron chi connectivity index (χ3n) is 2.44. The number of hydrogen-bond acceptors (Lipinski definition) is 4. The van der Waals surface area contributed by atoms with E-state index in [4.69, 9.17) is 0 Å². The summed E-state index contributed by atoms with van der Waals surface area (Å²) < 4.78 is 97.1. The number of hydrogen-bond donors (Lipinski definition) is 0. The standard InChI is InChI=1S/C10H6F6N2O2S2/c1-22(19,20)8-3-2-6(21-8)5-4-7(9(11,12)13)18(17-5)10(14,15)16/h2-4H,1H3. The second-order valence-corrected chi connectivity index (χ2v) is 7.51. The van der Waals surface area contributed by atoms with Gasteiger partial charge in [-0.2, -0.15) is 23.0 Å². The fourth-order valence-electron chi connectivity index (χ4n) is 1.55. The molecule has 0 fully saturated rings. The topological polar surface area (TPSA) is 52.0 Å². The van der Waals surface area contributed by atoms with Gasteiger partial charge in [-0.15, -0.1) is 24.5 Å². The predicted octanol–water partition coefficient (Wildman–Crippen LogP) is 3.51. The smallest absolute Gasteiger partial charge is 0.223 e. The summed E-state index contributed by atoms with van der Waals surface area (Å²) >= 11 is 0.538. The average Bonchev–Trinajstić information content (AvgIpc) is 2.93. The Hall–Kier alpha value is -1.56. The Morgan fingerprint density at radius 1 is 1.14 bits per heavy atom. The van der Waals surface area contributed by atoms with Gasteiger partial charge in [0, 0.05) is 6.26 Å². The largest absolute Gasteiger partial charge is 0.505 e. The number of halogens is 6. The van der Waals surface area contributed by atoms with Crippen molar-refractivity contribution in [3.8, 4) is 10.6 Å². The zero-order chi connectivity index (χ0) is 16.9. The molecule has 12 heteroatoms. The lowest BCUT2D eigenvalue weighted by molar-refractivity contribution is -0.229. The molecule has 0 aromatic carbocycles. The molecule has 22 heavy (non-hydrogen) atoms. The van der Waals surface area contributed by atoms with Crippen molar-refractivity contribution in [3.05, 3.63) is 23.9 Å². The lowest BCUT2D eigenvalue weighted by Crippen LogP contribution is -2.25. The highest BCUT2D eigenvalue weighted by Crippen LogP contribution is 2.38. The Kier molecular flexibility index (Phi) is 3.80. The van der Waals surface area contributed by atoms with Gasteiger partial charge in [0.15, 0.2) is 15.5 Å². The van der Waals surface area contributed by atoms with Crippen LogP contribution in [0.25, 0.3) is 10.6 Å². The number of nitrogens with zero attached hydrogens (tertiary/aromatic N) is 2. The van der Waals surface area contributed by atoms with Gasteiger partial charge in [-0.3, -0.25) is 0 Å². The van der Waals surface area contributed by atoms with E-state index in [1.165, 1.54) is 0 Å². The molecule has 2 aromatic heterocycles. The first-order chi connectivity index (χ1) is 9.80. The fraction of sp³-hybridized carbons (Fsp3) is 0.300. The quantitative estimate of drug-likeness (QED) is 0.767. The third kappa shape index (κ3) is 3.27. The maximum Gasteiger partial charge on any atom is 0.505 e. The first-order valence-corrected chi connectivity index (χ1v) is 8.05. The number of alkyl halides is 6. The van der Waals surface area contributed by atoms with Crippen molar-refractivity contribution in [2.45, 2.75) is 16.7 Å². The summed E-state index contributed by atoms with van der Waals surface area (Å²) in [6.45, 7) is 0. The predicted molar refractivity (Wildman–Crippen MR) is 64.9 cm³/mol. The van der Waals surface area contributed by atoms with Crippen molar-refractivity contribution >= 4 is 21.2 Å². The molecule has 0 saturated carbocycles. The van der Waals surface area contributed by atoms with Gasteiger partial charge in [-0.05, 0) is 18.2 Å². The summed E-state index contributed by atoms with van der Waals surface area (Å²) in [5, 5.41) is 2.90. The summed E-state index contributed by atoms with van der Waals surface area (Å²) in [5.74, 6) is 0. The Balaban J connectivity index is 2.59. The fourth-order valence-corrected chi connectivity index (χ4v) is 3.44. The van der Waals surface area contributed by atoms with Crippen LogP contribution in [0.15, 0.2) is 22.4 Å². The zero-order valence-electron chi connectivity index (χ0n) is 10.5. The molecule has 122 valence electrons. The molecule has 0 bridgehead atoms. The van der Waals surface area contributed by atoms with E-state index in [1.54, 1.807) is 0 Å². The van der Waals surface area contributed by atoms with E-state index in [0.717, 1.165) is 18.4 Å². The van der Waals surface area contributed by atoms with Crippen LogP contribution in [0.1, 0.15) is 5.69 Å². The van der Waals surface area contributed by atoms with E-state index in [-0.39, 0.29) is 15.2 Å². The number of thiophene rings is 1. The van der Waals surface area contributed by atoms with Crippen LogP contribution in [0.2, 0.25) is 0 Å². The summed E-state index contributed by atoms with van der Waals surface area (Å²) in [4.78, 5) is -0.117. The summed E-state index contributed by atoms with van der Waals surface area (Å²) in [6.07, 6.45) is -9.73. The van der Waals surface area contributed by atoms with E-state index in [1.807, 2.05) is 0 Å². The maximum atomic E-state index is 12.6. The average molecular weight is 364 g/mol. The highest BCUT2D eigenvalue weighted by Gasteiger charge is 2.44. The molecule has 0 unspecified atom stereocenters. The minimum Gasteiger partial charge on any atom is -0.223 e. The highest BCUT2D eigenvalue weighted by atomic mass is 32.2. The Morgan fingerprint density at radius 3 is 2.09 bits per heavy atom. The SMILES string of the molecule is CS(=O)(=O)c1ccc(-c2cc(C(F)(F)F)n(C(F)(F)F)n2)s1. The molecular formula is C10H6F6N2O2S2. The lowest BCUT2D eigenvalue weighted by Gasteiger charge is -2.12. The van der Waals surface area contributed by atoms with Crippen molar-refractivity contribution in [3.63, 3.8) is 0 Å². The van der Waals surface area contributed by atoms with Crippen LogP contribution < -0.4 is 0 Å². The summed E-state index contributed by atoms with van der Waals surface area (Å²) in [7, 11) is -3.61. The zero-order valence-corrected chi connectivity index (χ0v) is 12.2. The lowest BCUT2D eigenvalue weighted by atomic mass is 10.3. The van der Waals surface area contributed by atoms with Crippen molar-refractivity contribution < 1.29 is 34.8 Å². The van der Waals surface area contributed by atoms with Crippen LogP contribution in [0.3, 0.4) is 0 Å². The van der Waals surface area contributed by atoms with Gasteiger partial charge < -0.3 is 0 Å². The molecule has 0 radical (unpaired) electrons.